The van der Waals surface area contributed by atoms with E-state index in [0.29, 0.717) is 46.9 Å². The van der Waals surface area contributed by atoms with Gasteiger partial charge in [0.25, 0.3) is 0 Å². The van der Waals surface area contributed by atoms with Crippen molar-refractivity contribution < 1.29 is 28.2 Å². The van der Waals surface area contributed by atoms with E-state index < -0.39 is 29.4 Å². The molecule has 0 bridgehead atoms. The van der Waals surface area contributed by atoms with Crippen molar-refractivity contribution in [1.29, 1.82) is 0 Å². The minimum Gasteiger partial charge on any atom is -0.481 e. The summed E-state index contributed by atoms with van der Waals surface area (Å²) in [7, 11) is 0. The molecular formula is C22H21ClF3N5O3S. The highest BCUT2D eigenvalue weighted by molar-refractivity contribution is 7.15. The predicted octanol–water partition coefficient (Wildman–Crippen LogP) is 5.51. The van der Waals surface area contributed by atoms with Crippen LogP contribution in [0.3, 0.4) is 0 Å². The minimum absolute atomic E-state index is 0.0886. The fourth-order valence-electron chi connectivity index (χ4n) is 4.10. The maximum absolute atomic E-state index is 12.9. The first-order valence-corrected chi connectivity index (χ1v) is 11.9. The third kappa shape index (κ3) is 5.71. The third-order valence-corrected chi connectivity index (χ3v) is 7.50. The summed E-state index contributed by atoms with van der Waals surface area (Å²) in [6.07, 6.45) is 0.0691. The van der Waals surface area contributed by atoms with Crippen molar-refractivity contribution in [3.63, 3.8) is 0 Å². The zero-order valence-corrected chi connectivity index (χ0v) is 20.0. The van der Waals surface area contributed by atoms with E-state index in [1.54, 1.807) is 19.2 Å². The number of anilines is 2. The molecule has 0 saturated heterocycles. The van der Waals surface area contributed by atoms with Gasteiger partial charge in [-0.05, 0) is 56.7 Å². The molecule has 1 fully saturated rings. The molecule has 0 radical (unpaired) electrons. The van der Waals surface area contributed by atoms with Crippen LogP contribution in [0.25, 0.3) is 10.6 Å². The molecule has 8 nitrogen and oxygen atoms in total. The average Bonchev–Trinajstić information content (AvgIpc) is 3.30. The molecule has 0 amide bonds. The number of nitrogens with one attached hydrogen (secondary N) is 1. The smallest absolute Gasteiger partial charge is 0.433 e. The molecule has 186 valence electrons. The quantitative estimate of drug-likeness (QED) is 0.359. The fraction of sp³-hybridized carbons (Fsp3) is 0.409. The Kier molecular flexibility index (Phi) is 6.98. The van der Waals surface area contributed by atoms with Crippen molar-refractivity contribution in [3.05, 3.63) is 46.4 Å². The van der Waals surface area contributed by atoms with Crippen LogP contribution in [0.2, 0.25) is 5.15 Å². The lowest BCUT2D eigenvalue weighted by Crippen LogP contribution is -2.35. The molecule has 0 spiro atoms. The van der Waals surface area contributed by atoms with E-state index in [1.165, 1.54) is 17.4 Å². The summed E-state index contributed by atoms with van der Waals surface area (Å²) in [5.74, 6) is -1.60. The number of alkyl halides is 3. The molecule has 1 aliphatic carbocycles. The summed E-state index contributed by atoms with van der Waals surface area (Å²) in [5.41, 5.74) is -1.60. The van der Waals surface area contributed by atoms with Gasteiger partial charge in [-0.3, -0.25) is 4.79 Å². The number of aliphatic hydroxyl groups is 1. The van der Waals surface area contributed by atoms with Crippen LogP contribution in [-0.2, 0) is 16.6 Å². The lowest BCUT2D eigenvalue weighted by molar-refractivity contribution is -0.144. The van der Waals surface area contributed by atoms with Gasteiger partial charge >= 0.3 is 12.1 Å². The second kappa shape index (κ2) is 9.67. The number of carboxylic acid groups (broad SMARTS) is 1. The number of halogens is 4. The zero-order valence-electron chi connectivity index (χ0n) is 18.4. The zero-order chi connectivity index (χ0) is 25.4. The number of carboxylic acids is 1. The van der Waals surface area contributed by atoms with Gasteiger partial charge in [-0.1, -0.05) is 11.6 Å². The van der Waals surface area contributed by atoms with Crippen LogP contribution >= 0.6 is 22.9 Å². The summed E-state index contributed by atoms with van der Waals surface area (Å²) < 4.78 is 38.8. The van der Waals surface area contributed by atoms with Crippen LogP contribution in [0.4, 0.5) is 24.8 Å². The highest BCUT2D eigenvalue weighted by Gasteiger charge is 2.40. The molecule has 1 atom stereocenters. The normalized spacial score (nSPS) is 20.3. The summed E-state index contributed by atoms with van der Waals surface area (Å²) >= 11 is 7.36. The number of pyridine rings is 1. The van der Waals surface area contributed by atoms with Gasteiger partial charge in [0.1, 0.15) is 21.5 Å². The Morgan fingerprint density at radius 3 is 2.54 bits per heavy atom. The molecule has 3 aromatic rings. The van der Waals surface area contributed by atoms with Gasteiger partial charge in [-0.2, -0.15) is 13.2 Å². The van der Waals surface area contributed by atoms with E-state index in [0.717, 1.165) is 12.3 Å². The Balaban J connectivity index is 1.54. The van der Waals surface area contributed by atoms with Crippen LogP contribution in [0.15, 0.2) is 30.6 Å². The number of thiazole rings is 1. The monoisotopic (exact) mass is 527 g/mol. The van der Waals surface area contributed by atoms with E-state index in [2.05, 4.69) is 25.3 Å². The molecule has 1 aliphatic rings. The molecule has 1 saturated carbocycles. The molecule has 0 aromatic carbocycles. The largest absolute Gasteiger partial charge is 0.481 e. The maximum atomic E-state index is 12.9. The van der Waals surface area contributed by atoms with E-state index in [-0.39, 0.29) is 17.0 Å². The molecule has 3 heterocycles. The highest BCUT2D eigenvalue weighted by Crippen LogP contribution is 2.43. The maximum Gasteiger partial charge on any atom is 0.433 e. The molecule has 35 heavy (non-hydrogen) atoms. The number of carbonyl (C=O) groups is 1. The van der Waals surface area contributed by atoms with Crippen LogP contribution in [0, 0.1) is 11.8 Å². The molecule has 3 N–H and O–H groups in total. The van der Waals surface area contributed by atoms with Gasteiger partial charge in [-0.15, -0.1) is 11.3 Å². The van der Waals surface area contributed by atoms with Crippen molar-refractivity contribution in [1.82, 2.24) is 19.9 Å². The molecule has 3 aromatic heterocycles. The van der Waals surface area contributed by atoms with Crippen LogP contribution < -0.4 is 5.32 Å². The van der Waals surface area contributed by atoms with Gasteiger partial charge < -0.3 is 15.5 Å². The number of rotatable bonds is 6. The van der Waals surface area contributed by atoms with E-state index >= 15 is 0 Å². The first-order valence-electron chi connectivity index (χ1n) is 10.7. The molecule has 13 heteroatoms. The first kappa shape index (κ1) is 25.3. The third-order valence-electron chi connectivity index (χ3n) is 6.06. The summed E-state index contributed by atoms with van der Waals surface area (Å²) in [6.45, 7) is 1.67. The van der Waals surface area contributed by atoms with Crippen LogP contribution in [-0.4, -0.2) is 36.1 Å². The number of aromatic nitrogens is 4. The Bertz CT molecular complexity index is 1230. The second-order valence-corrected chi connectivity index (χ2v) is 9.93. The van der Waals surface area contributed by atoms with Crippen molar-refractivity contribution in [3.8, 4) is 10.6 Å². The number of hydrogen-bond donors (Lipinski definition) is 3. The molecular weight excluding hydrogens is 507 g/mol. The summed E-state index contributed by atoms with van der Waals surface area (Å²) in [5, 5.41) is 23.7. The standard InChI is InChI=1S/C22H21ClF3N5O3S/c1-21(34,12-4-2-11(3-5-12)18(32)33)19-28-10-15(35-19)14-8-13(9-17(23)30-14)29-20-27-7-6-16(31-20)22(24,25)26/h6-12,34H,2-5H2,1H3,(H,32,33)(H,27,29,30,31)/t11?,12?,21-/m1/s1. The Labute approximate surface area is 207 Å². The second-order valence-electron chi connectivity index (χ2n) is 8.52. The van der Waals surface area contributed by atoms with Gasteiger partial charge in [0.15, 0.2) is 0 Å². The lowest BCUT2D eigenvalue weighted by Gasteiger charge is -2.35. The van der Waals surface area contributed by atoms with Crippen LogP contribution in [0.1, 0.15) is 43.3 Å². The number of hydrogen-bond acceptors (Lipinski definition) is 8. The number of nitrogens with zero attached hydrogens (tertiary/aromatic N) is 4. The summed E-state index contributed by atoms with van der Waals surface area (Å²) in [4.78, 5) is 27.8. The average molecular weight is 528 g/mol. The fourth-order valence-corrected chi connectivity index (χ4v) is 5.31. The van der Waals surface area contributed by atoms with Gasteiger partial charge in [0.2, 0.25) is 5.95 Å². The van der Waals surface area contributed by atoms with Crippen molar-refractivity contribution in [2.24, 2.45) is 11.8 Å². The molecule has 4 rings (SSSR count). The van der Waals surface area contributed by atoms with Crippen LogP contribution in [0.5, 0.6) is 0 Å². The van der Waals surface area contributed by atoms with Crippen molar-refractivity contribution >= 4 is 40.5 Å². The summed E-state index contributed by atoms with van der Waals surface area (Å²) in [6, 6.07) is 3.77. The van der Waals surface area contributed by atoms with E-state index in [1.807, 2.05) is 0 Å². The van der Waals surface area contributed by atoms with Crippen molar-refractivity contribution in [2.45, 2.75) is 44.4 Å². The Hall–Kier alpha value is -2.83. The van der Waals surface area contributed by atoms with Gasteiger partial charge in [0.05, 0.1) is 16.5 Å². The Morgan fingerprint density at radius 2 is 1.89 bits per heavy atom. The van der Waals surface area contributed by atoms with Gasteiger partial charge in [0, 0.05) is 18.1 Å². The Morgan fingerprint density at radius 1 is 1.17 bits per heavy atom. The lowest BCUT2D eigenvalue weighted by atomic mass is 9.74. The number of aliphatic carboxylic acids is 1. The van der Waals surface area contributed by atoms with Gasteiger partial charge in [-0.25, -0.2) is 19.9 Å². The molecule has 0 aliphatic heterocycles. The van der Waals surface area contributed by atoms with E-state index in [4.69, 9.17) is 11.6 Å². The van der Waals surface area contributed by atoms with E-state index in [9.17, 15) is 28.2 Å². The SMILES string of the molecule is C[C@](O)(c1ncc(-c2cc(Nc3nccc(C(F)(F)F)n3)cc(Cl)n2)s1)C1CCC(C(=O)O)CC1. The first-order chi connectivity index (χ1) is 16.4. The topological polar surface area (TPSA) is 121 Å². The highest BCUT2D eigenvalue weighted by atomic mass is 35.5. The molecule has 0 unspecified atom stereocenters. The minimum atomic E-state index is -4.61. The van der Waals surface area contributed by atoms with Crippen molar-refractivity contribution in [2.75, 3.05) is 5.32 Å². The predicted molar refractivity (Wildman–Crippen MR) is 123 cm³/mol.